The standard InChI is InChI=1S/C15H21NO4/c1-3-6-13(15(18)19)16-14(17)11-7-5-8-12(10-11)20-9-4-2/h5,7-8,10,13H,3-4,6,9H2,1-2H3,(H,16,17)(H,18,19)/t13-/m0/s1. The summed E-state index contributed by atoms with van der Waals surface area (Å²) in [7, 11) is 0. The summed E-state index contributed by atoms with van der Waals surface area (Å²) in [4.78, 5) is 23.1. The molecule has 0 aliphatic heterocycles. The molecule has 110 valence electrons. The Labute approximate surface area is 118 Å². The van der Waals surface area contributed by atoms with E-state index in [9.17, 15) is 9.59 Å². The molecule has 0 radical (unpaired) electrons. The molecule has 0 bridgehead atoms. The Kier molecular flexibility index (Phi) is 6.56. The van der Waals surface area contributed by atoms with Crippen LogP contribution in [0.5, 0.6) is 5.75 Å². The predicted octanol–water partition coefficient (Wildman–Crippen LogP) is 2.46. The Balaban J connectivity index is 2.73. The molecule has 0 fully saturated rings. The molecule has 1 atom stereocenters. The van der Waals surface area contributed by atoms with Crippen LogP contribution in [0.25, 0.3) is 0 Å². The molecular weight excluding hydrogens is 258 g/mol. The number of hydrogen-bond donors (Lipinski definition) is 2. The molecule has 5 nitrogen and oxygen atoms in total. The summed E-state index contributed by atoms with van der Waals surface area (Å²) in [6, 6.07) is 5.89. The van der Waals surface area contributed by atoms with E-state index in [1.165, 1.54) is 0 Å². The topological polar surface area (TPSA) is 75.6 Å². The van der Waals surface area contributed by atoms with Crippen LogP contribution in [0.3, 0.4) is 0 Å². The van der Waals surface area contributed by atoms with Gasteiger partial charge >= 0.3 is 5.97 Å². The maximum atomic E-state index is 12.0. The van der Waals surface area contributed by atoms with Crippen molar-refractivity contribution >= 4 is 11.9 Å². The minimum atomic E-state index is -1.02. The zero-order valence-corrected chi connectivity index (χ0v) is 11.9. The van der Waals surface area contributed by atoms with Crippen molar-refractivity contribution in [2.75, 3.05) is 6.61 Å². The van der Waals surface area contributed by atoms with Gasteiger partial charge in [-0.1, -0.05) is 26.3 Å². The van der Waals surface area contributed by atoms with Crippen molar-refractivity contribution in [3.05, 3.63) is 29.8 Å². The van der Waals surface area contributed by atoms with E-state index in [4.69, 9.17) is 9.84 Å². The van der Waals surface area contributed by atoms with E-state index < -0.39 is 17.9 Å². The number of aliphatic carboxylic acids is 1. The summed E-state index contributed by atoms with van der Waals surface area (Å²) < 4.78 is 5.45. The van der Waals surface area contributed by atoms with Crippen molar-refractivity contribution in [3.63, 3.8) is 0 Å². The molecule has 1 aromatic carbocycles. The van der Waals surface area contributed by atoms with Crippen LogP contribution in [0, 0.1) is 0 Å². The summed E-state index contributed by atoms with van der Waals surface area (Å²) in [6.45, 7) is 4.46. The van der Waals surface area contributed by atoms with Crippen molar-refractivity contribution < 1.29 is 19.4 Å². The molecule has 0 spiro atoms. The largest absolute Gasteiger partial charge is 0.494 e. The summed E-state index contributed by atoms with van der Waals surface area (Å²) in [5, 5.41) is 11.6. The van der Waals surface area contributed by atoms with Gasteiger partial charge in [-0.15, -0.1) is 0 Å². The first-order chi connectivity index (χ1) is 9.58. The number of carbonyl (C=O) groups excluding carboxylic acids is 1. The monoisotopic (exact) mass is 279 g/mol. The van der Waals surface area contributed by atoms with E-state index in [0.29, 0.717) is 30.8 Å². The molecule has 5 heteroatoms. The Morgan fingerprint density at radius 3 is 2.65 bits per heavy atom. The van der Waals surface area contributed by atoms with Gasteiger partial charge < -0.3 is 15.2 Å². The van der Waals surface area contributed by atoms with Crippen molar-refractivity contribution in [3.8, 4) is 5.75 Å². The summed E-state index contributed by atoms with van der Waals surface area (Å²) in [6.07, 6.45) is 1.98. The first-order valence-electron chi connectivity index (χ1n) is 6.85. The third kappa shape index (κ3) is 4.91. The van der Waals surface area contributed by atoms with E-state index in [1.807, 2.05) is 13.8 Å². The van der Waals surface area contributed by atoms with Crippen LogP contribution in [0.15, 0.2) is 24.3 Å². The molecule has 1 amide bonds. The van der Waals surface area contributed by atoms with E-state index >= 15 is 0 Å². The Morgan fingerprint density at radius 2 is 2.05 bits per heavy atom. The molecule has 0 aromatic heterocycles. The Bertz CT molecular complexity index is 459. The molecule has 1 aromatic rings. The number of carbonyl (C=O) groups is 2. The number of nitrogens with one attached hydrogen (secondary N) is 1. The van der Waals surface area contributed by atoms with Crippen molar-refractivity contribution in [1.29, 1.82) is 0 Å². The first kappa shape index (κ1) is 16.0. The lowest BCUT2D eigenvalue weighted by atomic mass is 10.1. The second-order valence-electron chi connectivity index (χ2n) is 4.53. The van der Waals surface area contributed by atoms with Crippen LogP contribution >= 0.6 is 0 Å². The molecule has 0 heterocycles. The first-order valence-corrected chi connectivity index (χ1v) is 6.85. The molecular formula is C15H21NO4. The normalized spacial score (nSPS) is 11.7. The summed E-state index contributed by atoms with van der Waals surface area (Å²) in [5.41, 5.74) is 0.404. The molecule has 20 heavy (non-hydrogen) atoms. The zero-order valence-electron chi connectivity index (χ0n) is 11.9. The van der Waals surface area contributed by atoms with Crippen LogP contribution in [0.2, 0.25) is 0 Å². The molecule has 0 saturated carbocycles. The Hall–Kier alpha value is -2.04. The number of benzene rings is 1. The highest BCUT2D eigenvalue weighted by molar-refractivity contribution is 5.96. The molecule has 0 unspecified atom stereocenters. The van der Waals surface area contributed by atoms with Gasteiger partial charge in [0.2, 0.25) is 0 Å². The van der Waals surface area contributed by atoms with Gasteiger partial charge in [-0.2, -0.15) is 0 Å². The second kappa shape index (κ2) is 8.19. The van der Waals surface area contributed by atoms with E-state index in [-0.39, 0.29) is 0 Å². The van der Waals surface area contributed by atoms with E-state index in [1.54, 1.807) is 24.3 Å². The number of rotatable bonds is 8. The van der Waals surface area contributed by atoms with Gasteiger partial charge in [-0.25, -0.2) is 4.79 Å². The summed E-state index contributed by atoms with van der Waals surface area (Å²) in [5.74, 6) is -0.798. The third-order valence-corrected chi connectivity index (χ3v) is 2.75. The van der Waals surface area contributed by atoms with Crippen LogP contribution in [0.4, 0.5) is 0 Å². The van der Waals surface area contributed by atoms with E-state index in [0.717, 1.165) is 6.42 Å². The van der Waals surface area contributed by atoms with Gasteiger partial charge in [0, 0.05) is 5.56 Å². The third-order valence-electron chi connectivity index (χ3n) is 2.75. The van der Waals surface area contributed by atoms with Gasteiger partial charge in [-0.3, -0.25) is 4.79 Å². The quantitative estimate of drug-likeness (QED) is 0.766. The molecule has 0 aliphatic carbocycles. The number of carboxylic acid groups (broad SMARTS) is 1. The molecule has 0 aliphatic rings. The van der Waals surface area contributed by atoms with Crippen LogP contribution in [0.1, 0.15) is 43.5 Å². The van der Waals surface area contributed by atoms with Crippen LogP contribution in [-0.2, 0) is 4.79 Å². The highest BCUT2D eigenvalue weighted by Crippen LogP contribution is 2.14. The van der Waals surface area contributed by atoms with Gasteiger partial charge in [0.15, 0.2) is 0 Å². The SMILES string of the molecule is CCCOc1cccc(C(=O)N[C@@H](CCC)C(=O)O)c1. The number of carboxylic acids is 1. The van der Waals surface area contributed by atoms with Gasteiger partial charge in [-0.05, 0) is 31.0 Å². The maximum absolute atomic E-state index is 12.0. The average molecular weight is 279 g/mol. The summed E-state index contributed by atoms with van der Waals surface area (Å²) >= 11 is 0. The molecule has 1 rings (SSSR count). The van der Waals surface area contributed by atoms with Gasteiger partial charge in [0.1, 0.15) is 11.8 Å². The number of ether oxygens (including phenoxy) is 1. The predicted molar refractivity (Wildman–Crippen MR) is 76.0 cm³/mol. The second-order valence-corrected chi connectivity index (χ2v) is 4.53. The minimum Gasteiger partial charge on any atom is -0.494 e. The molecule has 2 N–H and O–H groups in total. The minimum absolute atomic E-state index is 0.396. The van der Waals surface area contributed by atoms with Gasteiger partial charge in [0.25, 0.3) is 5.91 Å². The lowest BCUT2D eigenvalue weighted by molar-refractivity contribution is -0.139. The fourth-order valence-electron chi connectivity index (χ4n) is 1.73. The van der Waals surface area contributed by atoms with Crippen LogP contribution < -0.4 is 10.1 Å². The van der Waals surface area contributed by atoms with Gasteiger partial charge in [0.05, 0.1) is 6.61 Å². The highest BCUT2D eigenvalue weighted by atomic mass is 16.5. The van der Waals surface area contributed by atoms with Crippen molar-refractivity contribution in [2.45, 2.75) is 39.2 Å². The lowest BCUT2D eigenvalue weighted by Gasteiger charge is -2.14. The number of hydrogen-bond acceptors (Lipinski definition) is 3. The smallest absolute Gasteiger partial charge is 0.326 e. The Morgan fingerprint density at radius 1 is 1.30 bits per heavy atom. The maximum Gasteiger partial charge on any atom is 0.326 e. The molecule has 0 saturated heterocycles. The highest BCUT2D eigenvalue weighted by Gasteiger charge is 2.19. The lowest BCUT2D eigenvalue weighted by Crippen LogP contribution is -2.40. The van der Waals surface area contributed by atoms with Crippen molar-refractivity contribution in [1.82, 2.24) is 5.32 Å². The van der Waals surface area contributed by atoms with Crippen LogP contribution in [-0.4, -0.2) is 29.6 Å². The average Bonchev–Trinajstić information content (AvgIpc) is 2.44. The fraction of sp³-hybridized carbons (Fsp3) is 0.467. The zero-order chi connectivity index (χ0) is 15.0. The van der Waals surface area contributed by atoms with E-state index in [2.05, 4.69) is 5.32 Å². The fourth-order valence-corrected chi connectivity index (χ4v) is 1.73. The van der Waals surface area contributed by atoms with Crippen molar-refractivity contribution in [2.24, 2.45) is 0 Å². The number of amides is 1.